The maximum absolute atomic E-state index is 13.2. The number of carbonyl (C=O) groups excluding carboxylic acids is 1. The van der Waals surface area contributed by atoms with Gasteiger partial charge in [-0.15, -0.1) is 0 Å². The van der Waals surface area contributed by atoms with Gasteiger partial charge < -0.3 is 4.57 Å². The van der Waals surface area contributed by atoms with Gasteiger partial charge in [0, 0.05) is 22.6 Å². The normalized spacial score (nSPS) is 11.8. The van der Waals surface area contributed by atoms with E-state index >= 15 is 0 Å². The van der Waals surface area contributed by atoms with Crippen LogP contribution in [0.3, 0.4) is 0 Å². The smallest absolute Gasteiger partial charge is 0.318 e. The van der Waals surface area contributed by atoms with E-state index in [4.69, 9.17) is 0 Å². The molecule has 1 heterocycles. The molecule has 8 heteroatoms. The lowest BCUT2D eigenvalue weighted by Gasteiger charge is -2.09. The summed E-state index contributed by atoms with van der Waals surface area (Å²) in [7, 11) is -4.25. The van der Waals surface area contributed by atoms with Crippen LogP contribution in [0.15, 0.2) is 82.8 Å². The highest BCUT2D eigenvalue weighted by Gasteiger charge is 2.24. The number of rotatable bonds is 4. The fourth-order valence-corrected chi connectivity index (χ4v) is 4.48. The molecule has 0 saturated carbocycles. The van der Waals surface area contributed by atoms with Crippen molar-refractivity contribution in [3.05, 3.63) is 95.6 Å². The van der Waals surface area contributed by atoms with Crippen molar-refractivity contribution in [3.63, 3.8) is 0 Å². The quantitative estimate of drug-likeness (QED) is 0.355. The minimum Gasteiger partial charge on any atom is -0.318 e. The third-order valence-electron chi connectivity index (χ3n) is 5.19. The van der Waals surface area contributed by atoms with Crippen LogP contribution in [0.1, 0.15) is 17.0 Å². The van der Waals surface area contributed by atoms with Gasteiger partial charge in [0.15, 0.2) is 0 Å². The number of amides is 1. The van der Waals surface area contributed by atoms with Gasteiger partial charge in [0.05, 0.1) is 11.1 Å². The molecule has 4 rings (SSSR count). The lowest BCUT2D eigenvalue weighted by atomic mass is 10.1. The van der Waals surface area contributed by atoms with Crippen LogP contribution in [0.2, 0.25) is 0 Å². The first-order valence-electron chi connectivity index (χ1n) is 9.79. The molecule has 1 aromatic heterocycles. The zero-order valence-electron chi connectivity index (χ0n) is 17.4. The first kappa shape index (κ1) is 21.5. The SMILES string of the molecule is Cc1cc(/C=N/NC(=O)S(=O)(=O)c2ccc3ccccc3c2)c(C)n1-c1ccc(F)cc1. The Kier molecular flexibility index (Phi) is 5.63. The molecule has 6 nitrogen and oxygen atoms in total. The molecule has 0 spiro atoms. The van der Waals surface area contributed by atoms with Gasteiger partial charge in [-0.3, -0.25) is 4.79 Å². The molecule has 0 aliphatic heterocycles. The van der Waals surface area contributed by atoms with Gasteiger partial charge in [0.2, 0.25) is 0 Å². The Morgan fingerprint density at radius 2 is 1.66 bits per heavy atom. The second-order valence-electron chi connectivity index (χ2n) is 7.31. The molecule has 1 N–H and O–H groups in total. The third kappa shape index (κ3) is 4.04. The summed E-state index contributed by atoms with van der Waals surface area (Å²) in [5.74, 6) is -0.326. The monoisotopic (exact) mass is 449 g/mol. The molecule has 0 aliphatic carbocycles. The van der Waals surface area contributed by atoms with Crippen LogP contribution in [-0.2, 0) is 9.84 Å². The zero-order valence-corrected chi connectivity index (χ0v) is 18.2. The van der Waals surface area contributed by atoms with Crippen molar-refractivity contribution in [2.24, 2.45) is 5.10 Å². The van der Waals surface area contributed by atoms with Crippen LogP contribution >= 0.6 is 0 Å². The van der Waals surface area contributed by atoms with Gasteiger partial charge >= 0.3 is 5.24 Å². The summed E-state index contributed by atoms with van der Waals surface area (Å²) in [6.45, 7) is 3.74. The van der Waals surface area contributed by atoms with Crippen molar-refractivity contribution < 1.29 is 17.6 Å². The van der Waals surface area contributed by atoms with E-state index in [0.717, 1.165) is 27.8 Å². The highest BCUT2D eigenvalue weighted by Crippen LogP contribution is 2.21. The minimum absolute atomic E-state index is 0.0987. The van der Waals surface area contributed by atoms with Crippen LogP contribution in [0.25, 0.3) is 16.5 Å². The molecule has 1 amide bonds. The number of sulfone groups is 1. The third-order valence-corrected chi connectivity index (χ3v) is 6.64. The first-order chi connectivity index (χ1) is 15.3. The second kappa shape index (κ2) is 8.39. The average molecular weight is 450 g/mol. The van der Waals surface area contributed by atoms with Crippen molar-refractivity contribution in [1.29, 1.82) is 0 Å². The Labute approximate surface area is 184 Å². The summed E-state index contributed by atoms with van der Waals surface area (Å²) in [6, 6.07) is 19.7. The fraction of sp³-hybridized carbons (Fsp3) is 0.0833. The van der Waals surface area contributed by atoms with Crippen molar-refractivity contribution in [3.8, 4) is 5.69 Å². The Morgan fingerprint density at radius 3 is 2.38 bits per heavy atom. The van der Waals surface area contributed by atoms with Crippen molar-refractivity contribution >= 4 is 32.1 Å². The number of nitrogens with zero attached hydrogens (tertiary/aromatic N) is 2. The van der Waals surface area contributed by atoms with Crippen LogP contribution in [0.4, 0.5) is 9.18 Å². The summed E-state index contributed by atoms with van der Waals surface area (Å²) >= 11 is 0. The largest absolute Gasteiger partial charge is 0.361 e. The topological polar surface area (TPSA) is 80.5 Å². The highest BCUT2D eigenvalue weighted by molar-refractivity contribution is 8.06. The van der Waals surface area contributed by atoms with E-state index in [1.54, 1.807) is 30.3 Å². The lowest BCUT2D eigenvalue weighted by Crippen LogP contribution is -2.25. The van der Waals surface area contributed by atoms with Crippen LogP contribution in [0.5, 0.6) is 0 Å². The summed E-state index contributed by atoms with van der Waals surface area (Å²) in [6.07, 6.45) is 1.39. The average Bonchev–Trinajstić information content (AvgIpc) is 3.07. The number of hydrogen-bond donors (Lipinski definition) is 1. The van der Waals surface area contributed by atoms with Gasteiger partial charge in [0.1, 0.15) is 5.82 Å². The number of hydrogen-bond acceptors (Lipinski definition) is 4. The minimum atomic E-state index is -4.25. The van der Waals surface area contributed by atoms with E-state index in [1.807, 2.05) is 36.6 Å². The predicted octanol–water partition coefficient (Wildman–Crippen LogP) is 4.90. The number of carbonyl (C=O) groups is 1. The van der Waals surface area contributed by atoms with Gasteiger partial charge in [-0.1, -0.05) is 30.3 Å². The predicted molar refractivity (Wildman–Crippen MR) is 122 cm³/mol. The van der Waals surface area contributed by atoms with Gasteiger partial charge in [-0.05, 0) is 67.1 Å². The molecule has 0 atom stereocenters. The van der Waals surface area contributed by atoms with Crippen molar-refractivity contribution in [2.75, 3.05) is 0 Å². The van der Waals surface area contributed by atoms with Crippen LogP contribution in [-0.4, -0.2) is 24.4 Å². The maximum Gasteiger partial charge on any atom is 0.361 e. The fourth-order valence-electron chi connectivity index (χ4n) is 3.56. The molecule has 0 radical (unpaired) electrons. The van der Waals surface area contributed by atoms with Gasteiger partial charge in [0.25, 0.3) is 9.84 Å². The van der Waals surface area contributed by atoms with Crippen LogP contribution < -0.4 is 5.43 Å². The number of nitrogens with one attached hydrogen (secondary N) is 1. The Morgan fingerprint density at radius 1 is 0.969 bits per heavy atom. The highest BCUT2D eigenvalue weighted by atomic mass is 32.2. The molecule has 0 bridgehead atoms. The molecule has 0 unspecified atom stereocenters. The second-order valence-corrected chi connectivity index (χ2v) is 9.16. The van der Waals surface area contributed by atoms with Crippen molar-refractivity contribution in [2.45, 2.75) is 18.7 Å². The van der Waals surface area contributed by atoms with E-state index in [2.05, 4.69) is 10.5 Å². The van der Waals surface area contributed by atoms with Gasteiger partial charge in [-0.25, -0.2) is 18.2 Å². The van der Waals surface area contributed by atoms with Crippen LogP contribution in [0, 0.1) is 19.7 Å². The number of benzene rings is 3. The standard InChI is InChI=1S/C24H20FN3O3S/c1-16-13-20(17(2)28(16)22-10-8-21(25)9-11-22)15-26-27-24(29)32(30,31)23-12-7-18-5-3-4-6-19(18)14-23/h3-15H,1-2H3,(H,27,29)/b26-15+. The molecule has 0 fully saturated rings. The molecular weight excluding hydrogens is 429 g/mol. The number of halogens is 1. The number of aromatic nitrogens is 1. The van der Waals surface area contributed by atoms with E-state index in [9.17, 15) is 17.6 Å². The molecule has 0 saturated heterocycles. The maximum atomic E-state index is 13.2. The lowest BCUT2D eigenvalue weighted by molar-refractivity contribution is 0.259. The first-order valence-corrected chi connectivity index (χ1v) is 11.3. The van der Waals surface area contributed by atoms with E-state index in [-0.39, 0.29) is 10.7 Å². The molecule has 32 heavy (non-hydrogen) atoms. The number of hydrazone groups is 1. The van der Waals surface area contributed by atoms with Gasteiger partial charge in [-0.2, -0.15) is 5.10 Å². The zero-order chi connectivity index (χ0) is 22.9. The van der Waals surface area contributed by atoms with E-state index < -0.39 is 15.1 Å². The van der Waals surface area contributed by atoms with Crippen molar-refractivity contribution in [1.82, 2.24) is 9.99 Å². The van der Waals surface area contributed by atoms with E-state index in [1.165, 1.54) is 30.5 Å². The summed E-state index contributed by atoms with van der Waals surface area (Å²) in [5.41, 5.74) is 5.27. The molecule has 0 aliphatic rings. The Balaban J connectivity index is 1.54. The molecule has 162 valence electrons. The number of aryl methyl sites for hydroxylation is 1. The van der Waals surface area contributed by atoms with E-state index in [0.29, 0.717) is 5.56 Å². The number of fused-ring (bicyclic) bond motifs is 1. The Hall–Kier alpha value is -3.78. The summed E-state index contributed by atoms with van der Waals surface area (Å²) in [4.78, 5) is 12.2. The summed E-state index contributed by atoms with van der Waals surface area (Å²) in [5, 5.41) is 4.23. The molecule has 4 aromatic rings. The molecule has 3 aromatic carbocycles. The summed E-state index contributed by atoms with van der Waals surface area (Å²) < 4.78 is 40.4. The molecular formula is C24H20FN3O3S. The Bertz CT molecular complexity index is 1460.